The van der Waals surface area contributed by atoms with Crippen LogP contribution in [0.15, 0.2) is 114 Å². The van der Waals surface area contributed by atoms with Crippen molar-refractivity contribution in [2.75, 3.05) is 11.9 Å². The number of hydrogen-bond donors (Lipinski definition) is 1. The molecule has 8 nitrogen and oxygen atoms in total. The van der Waals surface area contributed by atoms with Crippen molar-refractivity contribution in [1.82, 2.24) is 9.66 Å². The van der Waals surface area contributed by atoms with Gasteiger partial charge in [0.15, 0.2) is 12.4 Å². The van der Waals surface area contributed by atoms with Crippen molar-refractivity contribution in [1.29, 1.82) is 0 Å². The Balaban J connectivity index is 1.36. The van der Waals surface area contributed by atoms with Gasteiger partial charge in [0.1, 0.15) is 11.3 Å². The number of hydrogen-bond acceptors (Lipinski definition) is 6. The van der Waals surface area contributed by atoms with Gasteiger partial charge in [0.25, 0.3) is 11.5 Å². The van der Waals surface area contributed by atoms with E-state index in [0.717, 1.165) is 25.6 Å². The molecule has 6 rings (SSSR count). The number of halogens is 2. The van der Waals surface area contributed by atoms with Crippen LogP contribution in [0.25, 0.3) is 33.5 Å². The first-order valence-corrected chi connectivity index (χ1v) is 14.5. The first-order chi connectivity index (χ1) is 20.4. The zero-order valence-electron chi connectivity index (χ0n) is 22.2. The van der Waals surface area contributed by atoms with Crippen LogP contribution in [0.3, 0.4) is 0 Å². The van der Waals surface area contributed by atoms with Crippen molar-refractivity contribution >= 4 is 71.5 Å². The Morgan fingerprint density at radius 2 is 1.76 bits per heavy atom. The van der Waals surface area contributed by atoms with Crippen LogP contribution in [0.5, 0.6) is 5.75 Å². The number of benzene rings is 4. The molecule has 10 heteroatoms. The van der Waals surface area contributed by atoms with E-state index in [4.69, 9.17) is 14.1 Å². The summed E-state index contributed by atoms with van der Waals surface area (Å²) in [5, 5.41) is 8.67. The lowest BCUT2D eigenvalue weighted by Crippen LogP contribution is -2.21. The van der Waals surface area contributed by atoms with Crippen molar-refractivity contribution in [3.63, 3.8) is 0 Å². The van der Waals surface area contributed by atoms with E-state index in [2.05, 4.69) is 42.3 Å². The minimum atomic E-state index is -0.358. The van der Waals surface area contributed by atoms with E-state index < -0.39 is 0 Å². The van der Waals surface area contributed by atoms with E-state index in [-0.39, 0.29) is 23.9 Å². The number of anilines is 1. The third-order valence-electron chi connectivity index (χ3n) is 6.51. The summed E-state index contributed by atoms with van der Waals surface area (Å²) >= 11 is 6.97. The number of amides is 1. The third kappa shape index (κ3) is 5.77. The zero-order valence-corrected chi connectivity index (χ0v) is 25.3. The fourth-order valence-corrected chi connectivity index (χ4v) is 5.19. The molecule has 0 saturated heterocycles. The molecule has 1 amide bonds. The molecule has 1 N–H and O–H groups in total. The van der Waals surface area contributed by atoms with E-state index in [1.807, 2.05) is 61.5 Å². The number of carbonyl (C=O) groups excluding carboxylic acids is 1. The highest BCUT2D eigenvalue weighted by molar-refractivity contribution is 9.10. The summed E-state index contributed by atoms with van der Waals surface area (Å²) in [6.07, 6.45) is 1.50. The van der Waals surface area contributed by atoms with Gasteiger partial charge in [-0.25, -0.2) is 4.98 Å². The standard InChI is InChI=1S/C32H22Br2N4O4/c1-19-6-2-4-8-25(19)36-30(39)18-41-27-12-10-23(34)15-21(27)17-35-38-31(37-26-9-5-3-7-24(26)32(38)40)29-16-20-14-22(33)11-13-28(20)42-29/h2-17H,18H2,1H3,(H,36,39). The van der Waals surface area contributed by atoms with Gasteiger partial charge in [0, 0.05) is 25.6 Å². The van der Waals surface area contributed by atoms with Gasteiger partial charge in [-0.1, -0.05) is 62.2 Å². The van der Waals surface area contributed by atoms with E-state index in [1.54, 1.807) is 36.4 Å². The van der Waals surface area contributed by atoms with Gasteiger partial charge in [0.2, 0.25) is 5.82 Å². The van der Waals surface area contributed by atoms with E-state index in [9.17, 15) is 9.59 Å². The first kappa shape index (κ1) is 27.6. The molecule has 0 aliphatic carbocycles. The molecule has 0 bridgehead atoms. The maximum Gasteiger partial charge on any atom is 0.282 e. The Kier molecular flexibility index (Phi) is 7.73. The van der Waals surface area contributed by atoms with Gasteiger partial charge in [-0.3, -0.25) is 9.59 Å². The van der Waals surface area contributed by atoms with Gasteiger partial charge < -0.3 is 14.5 Å². The fourth-order valence-electron chi connectivity index (χ4n) is 4.43. The van der Waals surface area contributed by atoms with Gasteiger partial charge >= 0.3 is 0 Å². The quantitative estimate of drug-likeness (QED) is 0.175. The number of aromatic nitrogens is 2. The van der Waals surface area contributed by atoms with Crippen LogP contribution < -0.4 is 15.6 Å². The molecule has 0 atom stereocenters. The topological polar surface area (TPSA) is 98.7 Å². The summed E-state index contributed by atoms with van der Waals surface area (Å²) in [6, 6.07) is 27.4. The molecule has 4 aromatic carbocycles. The second kappa shape index (κ2) is 11.8. The average Bonchev–Trinajstić information content (AvgIpc) is 3.40. The molecule has 2 heterocycles. The Labute approximate surface area is 256 Å². The van der Waals surface area contributed by atoms with Crippen molar-refractivity contribution < 1.29 is 13.9 Å². The Morgan fingerprint density at radius 1 is 1.00 bits per heavy atom. The summed E-state index contributed by atoms with van der Waals surface area (Å²) in [7, 11) is 0. The predicted octanol–water partition coefficient (Wildman–Crippen LogP) is 7.54. The normalized spacial score (nSPS) is 11.4. The molecule has 208 valence electrons. The monoisotopic (exact) mass is 684 g/mol. The highest BCUT2D eigenvalue weighted by Gasteiger charge is 2.17. The molecule has 0 fully saturated rings. The van der Waals surface area contributed by atoms with Crippen LogP contribution in [0, 0.1) is 6.92 Å². The SMILES string of the molecule is Cc1ccccc1NC(=O)COc1ccc(Br)cc1C=Nn1c(-c2cc3cc(Br)ccc3o2)nc2ccccc2c1=O. The van der Waals surface area contributed by atoms with Crippen molar-refractivity contribution in [3.05, 3.63) is 121 Å². The van der Waals surface area contributed by atoms with Crippen LogP contribution in [-0.4, -0.2) is 28.4 Å². The van der Waals surface area contributed by atoms with Crippen molar-refractivity contribution in [3.8, 4) is 17.3 Å². The molecule has 0 saturated carbocycles. The smallest absolute Gasteiger partial charge is 0.282 e. The van der Waals surface area contributed by atoms with E-state index in [1.165, 1.54) is 10.9 Å². The van der Waals surface area contributed by atoms with Crippen molar-refractivity contribution in [2.24, 2.45) is 5.10 Å². The minimum Gasteiger partial charge on any atom is -0.483 e. The highest BCUT2D eigenvalue weighted by Crippen LogP contribution is 2.29. The summed E-state index contributed by atoms with van der Waals surface area (Å²) in [5.41, 5.74) is 3.03. The van der Waals surface area contributed by atoms with E-state index in [0.29, 0.717) is 33.6 Å². The first-order valence-electron chi connectivity index (χ1n) is 12.9. The molecule has 2 aromatic heterocycles. The molecule has 0 aliphatic rings. The minimum absolute atomic E-state index is 0.214. The molecule has 0 radical (unpaired) electrons. The molecule has 6 aromatic rings. The molecule has 0 aliphatic heterocycles. The Bertz CT molecular complexity index is 2070. The second-order valence-corrected chi connectivity index (χ2v) is 11.3. The second-order valence-electron chi connectivity index (χ2n) is 9.44. The largest absolute Gasteiger partial charge is 0.483 e. The summed E-state index contributed by atoms with van der Waals surface area (Å²) in [5.74, 6) is 0.752. The van der Waals surface area contributed by atoms with Gasteiger partial charge in [-0.05, 0) is 73.2 Å². The lowest BCUT2D eigenvalue weighted by atomic mass is 10.2. The fraction of sp³-hybridized carbons (Fsp3) is 0.0625. The number of fused-ring (bicyclic) bond motifs is 2. The molecule has 0 unspecified atom stereocenters. The van der Waals surface area contributed by atoms with Crippen LogP contribution in [0.1, 0.15) is 11.1 Å². The van der Waals surface area contributed by atoms with Crippen LogP contribution in [0.2, 0.25) is 0 Å². The molecule has 42 heavy (non-hydrogen) atoms. The van der Waals surface area contributed by atoms with Gasteiger partial charge in [0.05, 0.1) is 17.1 Å². The number of aryl methyl sites for hydroxylation is 1. The predicted molar refractivity (Wildman–Crippen MR) is 171 cm³/mol. The number of nitrogens with one attached hydrogen (secondary N) is 1. The Hall–Kier alpha value is -4.54. The van der Waals surface area contributed by atoms with Crippen molar-refractivity contribution in [2.45, 2.75) is 6.92 Å². The summed E-state index contributed by atoms with van der Waals surface area (Å²) in [4.78, 5) is 31.0. The van der Waals surface area contributed by atoms with Gasteiger partial charge in [-0.15, -0.1) is 0 Å². The summed E-state index contributed by atoms with van der Waals surface area (Å²) in [6.45, 7) is 1.70. The number of furan rings is 1. The van der Waals surface area contributed by atoms with Gasteiger partial charge in [-0.2, -0.15) is 9.78 Å². The zero-order chi connectivity index (χ0) is 29.2. The molecular formula is C32H22Br2N4O4. The Morgan fingerprint density at radius 3 is 2.62 bits per heavy atom. The molecule has 0 spiro atoms. The number of para-hydroxylation sites is 2. The number of ether oxygens (including phenoxy) is 1. The lowest BCUT2D eigenvalue weighted by molar-refractivity contribution is -0.118. The van der Waals surface area contributed by atoms with E-state index >= 15 is 0 Å². The van der Waals surface area contributed by atoms with Crippen LogP contribution >= 0.6 is 31.9 Å². The lowest BCUT2D eigenvalue weighted by Gasteiger charge is -2.12. The number of rotatable bonds is 7. The van der Waals surface area contributed by atoms with Crippen LogP contribution in [0.4, 0.5) is 5.69 Å². The maximum absolute atomic E-state index is 13.6. The maximum atomic E-state index is 13.6. The summed E-state index contributed by atoms with van der Waals surface area (Å²) < 4.78 is 14.8. The number of carbonyl (C=O) groups is 1. The third-order valence-corrected chi connectivity index (χ3v) is 7.50. The highest BCUT2D eigenvalue weighted by atomic mass is 79.9. The van der Waals surface area contributed by atoms with Crippen LogP contribution in [-0.2, 0) is 4.79 Å². The average molecular weight is 686 g/mol. The molecular weight excluding hydrogens is 664 g/mol. The number of nitrogens with zero attached hydrogens (tertiary/aromatic N) is 3.